The van der Waals surface area contributed by atoms with Gasteiger partial charge < -0.3 is 10.1 Å². The van der Waals surface area contributed by atoms with Gasteiger partial charge in [0.25, 0.3) is 0 Å². The maximum atomic E-state index is 9.03. The van der Waals surface area contributed by atoms with E-state index in [4.69, 9.17) is 10.00 Å². The van der Waals surface area contributed by atoms with Crippen LogP contribution >= 0.6 is 0 Å². The van der Waals surface area contributed by atoms with Gasteiger partial charge in [0.05, 0.1) is 12.2 Å². The van der Waals surface area contributed by atoms with Gasteiger partial charge in [0, 0.05) is 24.3 Å². The van der Waals surface area contributed by atoms with E-state index < -0.39 is 0 Å². The van der Waals surface area contributed by atoms with Gasteiger partial charge >= 0.3 is 0 Å². The monoisotopic (exact) mass is 231 g/mol. The molecule has 1 aromatic heterocycles. The molecule has 4 nitrogen and oxygen atoms in total. The average Bonchev–Trinajstić information content (AvgIpc) is 2.83. The molecule has 0 aromatic carbocycles. The molecule has 2 unspecified atom stereocenters. The molecule has 0 bridgehead atoms. The summed E-state index contributed by atoms with van der Waals surface area (Å²) in [6.45, 7) is 5.67. The van der Waals surface area contributed by atoms with Gasteiger partial charge in [-0.2, -0.15) is 5.26 Å². The number of nitrogens with zero attached hydrogens (tertiary/aromatic N) is 2. The first kappa shape index (κ1) is 11.9. The van der Waals surface area contributed by atoms with E-state index in [0.717, 1.165) is 25.3 Å². The first-order chi connectivity index (χ1) is 8.20. The number of hydrogen-bond donors (Lipinski definition) is 1. The summed E-state index contributed by atoms with van der Waals surface area (Å²) in [6.07, 6.45) is 1.07. The zero-order valence-electron chi connectivity index (χ0n) is 10.2. The number of rotatable bonds is 3. The molecule has 1 fully saturated rings. The third-order valence-electron chi connectivity index (χ3n) is 3.19. The lowest BCUT2D eigenvalue weighted by atomic mass is 10.0. The molecule has 1 aliphatic rings. The summed E-state index contributed by atoms with van der Waals surface area (Å²) in [5.41, 5.74) is 1.52. The van der Waals surface area contributed by atoms with Crippen molar-refractivity contribution >= 4 is 5.82 Å². The van der Waals surface area contributed by atoms with Crippen LogP contribution in [0.15, 0.2) is 12.1 Å². The molecule has 1 aliphatic heterocycles. The Hall–Kier alpha value is -1.60. The van der Waals surface area contributed by atoms with Crippen molar-refractivity contribution in [2.24, 2.45) is 5.92 Å². The lowest BCUT2D eigenvalue weighted by Crippen LogP contribution is -2.27. The molecule has 17 heavy (non-hydrogen) atoms. The third-order valence-corrected chi connectivity index (χ3v) is 3.19. The zero-order valence-corrected chi connectivity index (χ0v) is 10.2. The quantitative estimate of drug-likeness (QED) is 0.865. The topological polar surface area (TPSA) is 57.9 Å². The van der Waals surface area contributed by atoms with Crippen molar-refractivity contribution in [3.63, 3.8) is 0 Å². The first-order valence-electron chi connectivity index (χ1n) is 5.92. The SMILES string of the molecule is Cc1ccc(C#N)c(NC(C)C2CCOC2)n1. The number of aryl methyl sites for hydroxylation is 1. The molecule has 0 amide bonds. The van der Waals surface area contributed by atoms with Crippen molar-refractivity contribution in [2.75, 3.05) is 18.5 Å². The maximum Gasteiger partial charge on any atom is 0.144 e. The third kappa shape index (κ3) is 2.75. The first-order valence-corrected chi connectivity index (χ1v) is 5.92. The van der Waals surface area contributed by atoms with Gasteiger partial charge in [0.15, 0.2) is 0 Å². The highest BCUT2D eigenvalue weighted by Gasteiger charge is 2.23. The lowest BCUT2D eigenvalue weighted by molar-refractivity contribution is 0.183. The van der Waals surface area contributed by atoms with Crippen molar-refractivity contribution < 1.29 is 4.74 Å². The van der Waals surface area contributed by atoms with E-state index in [1.165, 1.54) is 0 Å². The van der Waals surface area contributed by atoms with Crippen LogP contribution in [0.5, 0.6) is 0 Å². The molecular weight excluding hydrogens is 214 g/mol. The molecule has 4 heteroatoms. The van der Waals surface area contributed by atoms with Crippen molar-refractivity contribution in [3.05, 3.63) is 23.4 Å². The van der Waals surface area contributed by atoms with E-state index in [9.17, 15) is 0 Å². The molecule has 0 aliphatic carbocycles. The van der Waals surface area contributed by atoms with Gasteiger partial charge in [-0.05, 0) is 32.4 Å². The van der Waals surface area contributed by atoms with Crippen molar-refractivity contribution in [3.8, 4) is 6.07 Å². The fraction of sp³-hybridized carbons (Fsp3) is 0.538. The summed E-state index contributed by atoms with van der Waals surface area (Å²) >= 11 is 0. The lowest BCUT2D eigenvalue weighted by Gasteiger charge is -2.20. The molecule has 2 atom stereocenters. The van der Waals surface area contributed by atoms with Crippen LogP contribution in [0.2, 0.25) is 0 Å². The molecule has 0 spiro atoms. The Morgan fingerprint density at radius 3 is 3.06 bits per heavy atom. The minimum atomic E-state index is 0.277. The number of nitrogens with one attached hydrogen (secondary N) is 1. The van der Waals surface area contributed by atoms with E-state index in [-0.39, 0.29) is 6.04 Å². The second-order valence-electron chi connectivity index (χ2n) is 4.52. The van der Waals surface area contributed by atoms with Gasteiger partial charge in [0.2, 0.25) is 0 Å². The summed E-state index contributed by atoms with van der Waals surface area (Å²) in [5.74, 6) is 1.19. The van der Waals surface area contributed by atoms with Gasteiger partial charge in [-0.1, -0.05) is 0 Å². The average molecular weight is 231 g/mol. The summed E-state index contributed by atoms with van der Waals surface area (Å²) in [4.78, 5) is 4.38. The summed E-state index contributed by atoms with van der Waals surface area (Å²) in [7, 11) is 0. The highest BCUT2D eigenvalue weighted by atomic mass is 16.5. The second-order valence-corrected chi connectivity index (χ2v) is 4.52. The number of aromatic nitrogens is 1. The molecular formula is C13H17N3O. The molecule has 90 valence electrons. The molecule has 1 aromatic rings. The van der Waals surface area contributed by atoms with Crippen LogP contribution < -0.4 is 5.32 Å². The van der Waals surface area contributed by atoms with Crippen LogP contribution in [0.1, 0.15) is 24.6 Å². The predicted octanol–water partition coefficient (Wildman–Crippen LogP) is 2.10. The molecule has 1 N–H and O–H groups in total. The van der Waals surface area contributed by atoms with Crippen molar-refractivity contribution in [2.45, 2.75) is 26.3 Å². The van der Waals surface area contributed by atoms with E-state index in [1.807, 2.05) is 19.1 Å². The number of ether oxygens (including phenoxy) is 1. The van der Waals surface area contributed by atoms with Gasteiger partial charge in [-0.25, -0.2) is 4.98 Å². The number of nitriles is 1. The zero-order chi connectivity index (χ0) is 12.3. The standard InChI is InChI=1S/C13H17N3O/c1-9-3-4-11(7-14)13(15-9)16-10(2)12-5-6-17-8-12/h3-4,10,12H,5-6,8H2,1-2H3,(H,15,16). The van der Waals surface area contributed by atoms with Crippen molar-refractivity contribution in [1.29, 1.82) is 5.26 Å². The van der Waals surface area contributed by atoms with Crippen LogP contribution in [-0.2, 0) is 4.74 Å². The predicted molar refractivity (Wildman–Crippen MR) is 65.7 cm³/mol. The minimum Gasteiger partial charge on any atom is -0.381 e. The molecule has 1 saturated heterocycles. The summed E-state index contributed by atoms with van der Waals surface area (Å²) in [5, 5.41) is 12.4. The molecule has 0 radical (unpaired) electrons. The van der Waals surface area contributed by atoms with Crippen LogP contribution in [0.25, 0.3) is 0 Å². The number of pyridine rings is 1. The van der Waals surface area contributed by atoms with E-state index >= 15 is 0 Å². The van der Waals surface area contributed by atoms with Crippen LogP contribution in [0, 0.1) is 24.2 Å². The largest absolute Gasteiger partial charge is 0.381 e. The van der Waals surface area contributed by atoms with Crippen LogP contribution in [-0.4, -0.2) is 24.2 Å². The summed E-state index contributed by atoms with van der Waals surface area (Å²) < 4.78 is 5.37. The second kappa shape index (κ2) is 5.15. The summed E-state index contributed by atoms with van der Waals surface area (Å²) in [6, 6.07) is 6.10. The smallest absolute Gasteiger partial charge is 0.144 e. The number of hydrogen-bond acceptors (Lipinski definition) is 4. The maximum absolute atomic E-state index is 9.03. The minimum absolute atomic E-state index is 0.277. The van der Waals surface area contributed by atoms with E-state index in [2.05, 4.69) is 23.3 Å². The Labute approximate surface area is 102 Å². The van der Waals surface area contributed by atoms with Crippen molar-refractivity contribution in [1.82, 2.24) is 4.98 Å². The Morgan fingerprint density at radius 2 is 2.41 bits per heavy atom. The normalized spacial score (nSPS) is 20.9. The van der Waals surface area contributed by atoms with Crippen LogP contribution in [0.3, 0.4) is 0 Å². The molecule has 2 rings (SSSR count). The fourth-order valence-electron chi connectivity index (χ4n) is 2.04. The van der Waals surface area contributed by atoms with Crippen LogP contribution in [0.4, 0.5) is 5.82 Å². The molecule has 0 saturated carbocycles. The fourth-order valence-corrected chi connectivity index (χ4v) is 2.04. The van der Waals surface area contributed by atoms with E-state index in [1.54, 1.807) is 0 Å². The Kier molecular flexibility index (Phi) is 3.60. The Balaban J connectivity index is 2.11. The van der Waals surface area contributed by atoms with E-state index in [0.29, 0.717) is 17.3 Å². The Bertz CT molecular complexity index is 433. The van der Waals surface area contributed by atoms with Gasteiger partial charge in [0.1, 0.15) is 11.9 Å². The number of anilines is 1. The van der Waals surface area contributed by atoms with Gasteiger partial charge in [-0.3, -0.25) is 0 Å². The molecule has 2 heterocycles. The highest BCUT2D eigenvalue weighted by molar-refractivity contribution is 5.52. The Morgan fingerprint density at radius 1 is 1.59 bits per heavy atom. The van der Waals surface area contributed by atoms with Gasteiger partial charge in [-0.15, -0.1) is 0 Å². The highest BCUT2D eigenvalue weighted by Crippen LogP contribution is 2.21.